The van der Waals surface area contributed by atoms with Crippen molar-refractivity contribution < 1.29 is 13.2 Å². The van der Waals surface area contributed by atoms with Crippen LogP contribution in [0.2, 0.25) is 0 Å². The number of anilines is 1. The lowest BCUT2D eigenvalue weighted by Crippen LogP contribution is -2.41. The molecule has 2 aromatic rings. The largest absolute Gasteiger partial charge is 0.324 e. The van der Waals surface area contributed by atoms with Gasteiger partial charge in [-0.15, -0.1) is 0 Å². The van der Waals surface area contributed by atoms with E-state index in [1.165, 1.54) is 16.3 Å². The third kappa shape index (κ3) is 3.95. The summed E-state index contributed by atoms with van der Waals surface area (Å²) < 4.78 is 27.6. The Labute approximate surface area is 166 Å². The first-order chi connectivity index (χ1) is 13.5. The summed E-state index contributed by atoms with van der Waals surface area (Å²) in [7, 11) is -3.51. The number of aromatic nitrogens is 1. The molecule has 1 aromatic heterocycles. The summed E-state index contributed by atoms with van der Waals surface area (Å²) >= 11 is 0. The maximum absolute atomic E-state index is 13.1. The molecule has 0 saturated carbocycles. The predicted octanol–water partition coefficient (Wildman–Crippen LogP) is 3.00. The fourth-order valence-corrected chi connectivity index (χ4v) is 5.58. The number of sulfonamides is 1. The highest BCUT2D eigenvalue weighted by atomic mass is 32.2. The van der Waals surface area contributed by atoms with E-state index in [-0.39, 0.29) is 11.8 Å². The summed E-state index contributed by atoms with van der Waals surface area (Å²) in [6.45, 7) is 0.731. The molecule has 6 nitrogen and oxygen atoms in total. The van der Waals surface area contributed by atoms with Crippen LogP contribution in [0.4, 0.5) is 5.69 Å². The topological polar surface area (TPSA) is 79.4 Å². The molecule has 4 rings (SSSR count). The number of aryl methyl sites for hydroxylation is 2. The molecule has 7 heteroatoms. The number of amides is 1. The van der Waals surface area contributed by atoms with E-state index in [4.69, 9.17) is 0 Å². The lowest BCUT2D eigenvalue weighted by atomic mass is 9.92. The molecule has 1 aliphatic heterocycles. The Morgan fingerprint density at radius 3 is 2.54 bits per heavy atom. The van der Waals surface area contributed by atoms with Crippen LogP contribution in [0.1, 0.15) is 36.8 Å². The van der Waals surface area contributed by atoms with Crippen LogP contribution < -0.4 is 5.32 Å². The maximum atomic E-state index is 13.1. The fraction of sp³-hybridized carbons (Fsp3) is 0.429. The first kappa shape index (κ1) is 19.1. The molecule has 2 aliphatic rings. The summed E-state index contributed by atoms with van der Waals surface area (Å²) in [6.07, 6.45) is 8.59. The van der Waals surface area contributed by atoms with E-state index >= 15 is 0 Å². The lowest BCUT2D eigenvalue weighted by Gasteiger charge is -2.31. The number of carbonyl (C=O) groups is 1. The third-order valence-corrected chi connectivity index (χ3v) is 7.61. The number of fused-ring (bicyclic) bond motifs is 1. The highest BCUT2D eigenvalue weighted by Gasteiger charge is 2.32. The van der Waals surface area contributed by atoms with Crippen molar-refractivity contribution in [1.29, 1.82) is 0 Å². The van der Waals surface area contributed by atoms with E-state index in [9.17, 15) is 13.2 Å². The molecule has 1 amide bonds. The molecule has 148 valence electrons. The van der Waals surface area contributed by atoms with Crippen LogP contribution in [0.15, 0.2) is 47.6 Å². The van der Waals surface area contributed by atoms with Crippen LogP contribution in [-0.2, 0) is 27.7 Å². The standard InChI is InChI=1S/C21H25N3O3S/c25-21(23-19-6-3-11-22-15-19)17-9-12-24(13-10-17)28(26,27)20-8-7-16-4-1-2-5-18(16)14-20/h3,6-8,11,14-15,17H,1-2,4-5,9-10,12-13H2,(H,23,25). The monoisotopic (exact) mass is 399 g/mol. The molecule has 1 N–H and O–H groups in total. The van der Waals surface area contributed by atoms with Crippen LogP contribution in [0.5, 0.6) is 0 Å². The Bertz CT molecular complexity index is 952. The number of nitrogens with one attached hydrogen (secondary N) is 1. The molecule has 1 saturated heterocycles. The van der Waals surface area contributed by atoms with Crippen molar-refractivity contribution in [3.8, 4) is 0 Å². The second kappa shape index (κ2) is 8.01. The second-order valence-electron chi connectivity index (χ2n) is 7.55. The number of piperidine rings is 1. The molecular weight excluding hydrogens is 374 g/mol. The van der Waals surface area contributed by atoms with Crippen molar-refractivity contribution in [1.82, 2.24) is 9.29 Å². The van der Waals surface area contributed by atoms with Gasteiger partial charge in [-0.05, 0) is 73.9 Å². The molecule has 1 aromatic carbocycles. The van der Waals surface area contributed by atoms with Crippen molar-refractivity contribution >= 4 is 21.6 Å². The van der Waals surface area contributed by atoms with Gasteiger partial charge in [-0.25, -0.2) is 8.42 Å². The van der Waals surface area contributed by atoms with E-state index in [0.29, 0.717) is 36.5 Å². The number of pyridine rings is 1. The van der Waals surface area contributed by atoms with Crippen LogP contribution in [0, 0.1) is 5.92 Å². The first-order valence-electron chi connectivity index (χ1n) is 9.87. The van der Waals surface area contributed by atoms with Crippen molar-refractivity contribution in [2.45, 2.75) is 43.4 Å². The molecule has 0 unspecified atom stereocenters. The molecule has 0 bridgehead atoms. The van der Waals surface area contributed by atoms with Crippen LogP contribution in [0.3, 0.4) is 0 Å². The van der Waals surface area contributed by atoms with Crippen molar-refractivity contribution in [2.75, 3.05) is 18.4 Å². The minimum atomic E-state index is -3.51. The van der Waals surface area contributed by atoms with Crippen molar-refractivity contribution in [3.63, 3.8) is 0 Å². The smallest absolute Gasteiger partial charge is 0.243 e. The minimum Gasteiger partial charge on any atom is -0.324 e. The van der Waals surface area contributed by atoms with Gasteiger partial charge in [0.1, 0.15) is 0 Å². The highest BCUT2D eigenvalue weighted by molar-refractivity contribution is 7.89. The fourth-order valence-electron chi connectivity index (χ4n) is 4.06. The van der Waals surface area contributed by atoms with Crippen LogP contribution >= 0.6 is 0 Å². The number of nitrogens with zero attached hydrogens (tertiary/aromatic N) is 2. The normalized spacial score (nSPS) is 18.4. The summed E-state index contributed by atoms with van der Waals surface area (Å²) in [5.74, 6) is -0.256. The van der Waals surface area contributed by atoms with E-state index in [1.807, 2.05) is 12.1 Å². The van der Waals surface area contributed by atoms with Gasteiger partial charge in [0.2, 0.25) is 15.9 Å². The zero-order valence-corrected chi connectivity index (χ0v) is 16.6. The van der Waals surface area contributed by atoms with E-state index in [0.717, 1.165) is 24.8 Å². The van der Waals surface area contributed by atoms with Gasteiger partial charge in [0.15, 0.2) is 0 Å². The quantitative estimate of drug-likeness (QED) is 0.857. The molecule has 0 spiro atoms. The van der Waals surface area contributed by atoms with Crippen LogP contribution in [0.25, 0.3) is 0 Å². The van der Waals surface area contributed by atoms with Crippen molar-refractivity contribution in [3.05, 3.63) is 53.9 Å². The van der Waals surface area contributed by atoms with Crippen molar-refractivity contribution in [2.24, 2.45) is 5.92 Å². The van der Waals surface area contributed by atoms with E-state index < -0.39 is 10.0 Å². The second-order valence-corrected chi connectivity index (χ2v) is 9.48. The highest BCUT2D eigenvalue weighted by Crippen LogP contribution is 2.28. The zero-order chi connectivity index (χ0) is 19.6. The van der Waals surface area contributed by atoms with E-state index in [2.05, 4.69) is 10.3 Å². The maximum Gasteiger partial charge on any atom is 0.243 e. The van der Waals surface area contributed by atoms with E-state index in [1.54, 1.807) is 30.6 Å². The summed E-state index contributed by atoms with van der Waals surface area (Å²) in [6, 6.07) is 9.12. The van der Waals surface area contributed by atoms with Gasteiger partial charge in [-0.2, -0.15) is 4.31 Å². The molecule has 1 fully saturated rings. The first-order valence-corrected chi connectivity index (χ1v) is 11.3. The Hall–Kier alpha value is -2.25. The number of hydrogen-bond acceptors (Lipinski definition) is 4. The Kier molecular flexibility index (Phi) is 5.46. The molecule has 2 heterocycles. The average Bonchev–Trinajstić information content (AvgIpc) is 2.74. The Morgan fingerprint density at radius 2 is 1.82 bits per heavy atom. The minimum absolute atomic E-state index is 0.0705. The van der Waals surface area contributed by atoms with Gasteiger partial charge in [0, 0.05) is 25.2 Å². The number of rotatable bonds is 4. The summed E-state index contributed by atoms with van der Waals surface area (Å²) in [5.41, 5.74) is 3.10. The van der Waals surface area contributed by atoms with Gasteiger partial charge in [0.25, 0.3) is 0 Å². The Morgan fingerprint density at radius 1 is 1.07 bits per heavy atom. The van der Waals surface area contributed by atoms with Gasteiger partial charge < -0.3 is 5.32 Å². The lowest BCUT2D eigenvalue weighted by molar-refractivity contribution is -0.120. The SMILES string of the molecule is O=C(Nc1cccnc1)C1CCN(S(=O)(=O)c2ccc3c(c2)CCCC3)CC1. The molecule has 1 aliphatic carbocycles. The molecule has 0 atom stereocenters. The zero-order valence-electron chi connectivity index (χ0n) is 15.8. The third-order valence-electron chi connectivity index (χ3n) is 5.71. The summed E-state index contributed by atoms with van der Waals surface area (Å²) in [5, 5.41) is 2.86. The predicted molar refractivity (Wildman–Crippen MR) is 107 cm³/mol. The van der Waals surface area contributed by atoms with Gasteiger partial charge in [-0.1, -0.05) is 6.07 Å². The summed E-state index contributed by atoms with van der Waals surface area (Å²) in [4.78, 5) is 16.8. The van der Waals surface area contributed by atoms with Gasteiger partial charge in [0.05, 0.1) is 16.8 Å². The van der Waals surface area contributed by atoms with Gasteiger partial charge >= 0.3 is 0 Å². The van der Waals surface area contributed by atoms with Crippen LogP contribution in [-0.4, -0.2) is 36.7 Å². The molecule has 0 radical (unpaired) electrons. The molecular formula is C21H25N3O3S. The Balaban J connectivity index is 1.41. The average molecular weight is 400 g/mol. The number of hydrogen-bond donors (Lipinski definition) is 1. The number of carbonyl (C=O) groups excluding carboxylic acids is 1. The number of benzene rings is 1. The molecule has 28 heavy (non-hydrogen) atoms. The van der Waals surface area contributed by atoms with Gasteiger partial charge in [-0.3, -0.25) is 9.78 Å².